The van der Waals surface area contributed by atoms with Gasteiger partial charge in [-0.2, -0.15) is 13.2 Å². The first-order chi connectivity index (χ1) is 15.4. The van der Waals surface area contributed by atoms with Crippen LogP contribution in [0.4, 0.5) is 13.2 Å². The van der Waals surface area contributed by atoms with E-state index in [0.717, 1.165) is 23.4 Å². The molecular weight excluding hydrogens is 417 g/mol. The number of nitrogens with two attached hydrogens (primary N) is 1. The lowest BCUT2D eigenvalue weighted by Gasteiger charge is -2.33. The maximum atomic E-state index is 13.5. The normalized spacial score (nSPS) is 20.2. The van der Waals surface area contributed by atoms with Gasteiger partial charge in [0, 0.05) is 35.9 Å². The Labute approximate surface area is 181 Å². The molecule has 4 aromatic rings. The van der Waals surface area contributed by atoms with Crippen LogP contribution in [0.3, 0.4) is 0 Å². The van der Waals surface area contributed by atoms with Crippen molar-refractivity contribution in [1.29, 1.82) is 0 Å². The highest BCUT2D eigenvalue weighted by Gasteiger charge is 2.47. The zero-order chi connectivity index (χ0) is 22.3. The first-order valence-corrected chi connectivity index (χ1v) is 9.78. The van der Waals surface area contributed by atoms with Gasteiger partial charge in [-0.1, -0.05) is 24.3 Å². The molecule has 4 heterocycles. The standard InChI is InChI=1S/C23H17F3N6/c24-23(25,26)19-10-17(6-8-30-19)22(18-5-2-7-31-20(18)21(27)32-22)16-4-1-3-14(9-16)15-11-28-13-29-12-15/h1-13,21,32H,27H2. The number of alkyl halides is 3. The second-order valence-corrected chi connectivity index (χ2v) is 7.44. The summed E-state index contributed by atoms with van der Waals surface area (Å²) in [6.07, 6.45) is 2.31. The Morgan fingerprint density at radius 3 is 2.44 bits per heavy atom. The molecule has 160 valence electrons. The van der Waals surface area contributed by atoms with Crippen LogP contribution in [0.25, 0.3) is 11.1 Å². The number of hydrogen-bond donors (Lipinski definition) is 2. The molecule has 0 saturated heterocycles. The summed E-state index contributed by atoms with van der Waals surface area (Å²) in [6.45, 7) is 0. The van der Waals surface area contributed by atoms with Gasteiger partial charge in [0.2, 0.25) is 0 Å². The number of fused-ring (bicyclic) bond motifs is 1. The van der Waals surface area contributed by atoms with E-state index in [0.29, 0.717) is 22.4 Å². The van der Waals surface area contributed by atoms with Crippen molar-refractivity contribution in [3.05, 3.63) is 108 Å². The van der Waals surface area contributed by atoms with Crippen molar-refractivity contribution in [1.82, 2.24) is 25.3 Å². The molecule has 0 bridgehead atoms. The summed E-state index contributed by atoms with van der Waals surface area (Å²) in [5, 5.41) is 3.31. The van der Waals surface area contributed by atoms with Crippen LogP contribution in [0.15, 0.2) is 79.6 Å². The number of aromatic nitrogens is 4. The number of pyridine rings is 2. The molecule has 6 nitrogen and oxygen atoms in total. The molecule has 2 atom stereocenters. The minimum atomic E-state index is -4.58. The highest BCUT2D eigenvalue weighted by atomic mass is 19.4. The maximum Gasteiger partial charge on any atom is 0.433 e. The fraction of sp³-hybridized carbons (Fsp3) is 0.130. The molecule has 0 spiro atoms. The topological polar surface area (TPSA) is 89.6 Å². The van der Waals surface area contributed by atoms with Gasteiger partial charge in [0.25, 0.3) is 0 Å². The van der Waals surface area contributed by atoms with Gasteiger partial charge in [0.05, 0.1) is 11.2 Å². The molecule has 0 aliphatic carbocycles. The third-order valence-electron chi connectivity index (χ3n) is 5.58. The fourth-order valence-electron chi connectivity index (χ4n) is 4.21. The van der Waals surface area contributed by atoms with E-state index in [1.165, 1.54) is 6.33 Å². The lowest BCUT2D eigenvalue weighted by Crippen LogP contribution is -2.42. The lowest BCUT2D eigenvalue weighted by atomic mass is 9.78. The van der Waals surface area contributed by atoms with Crippen LogP contribution in [0.1, 0.15) is 34.2 Å². The molecule has 1 aromatic carbocycles. The molecule has 0 amide bonds. The zero-order valence-electron chi connectivity index (χ0n) is 16.6. The van der Waals surface area contributed by atoms with Crippen LogP contribution in [0.5, 0.6) is 0 Å². The molecule has 5 rings (SSSR count). The molecule has 3 aromatic heterocycles. The van der Waals surface area contributed by atoms with E-state index in [1.807, 2.05) is 30.3 Å². The van der Waals surface area contributed by atoms with Gasteiger partial charge >= 0.3 is 6.18 Å². The molecular formula is C23H17F3N6. The Morgan fingerprint density at radius 1 is 0.875 bits per heavy atom. The van der Waals surface area contributed by atoms with Crippen molar-refractivity contribution in [3.63, 3.8) is 0 Å². The van der Waals surface area contributed by atoms with Crippen LogP contribution in [0.2, 0.25) is 0 Å². The van der Waals surface area contributed by atoms with Gasteiger partial charge in [-0.3, -0.25) is 15.3 Å². The maximum absolute atomic E-state index is 13.5. The predicted molar refractivity (Wildman–Crippen MR) is 111 cm³/mol. The largest absolute Gasteiger partial charge is 0.433 e. The van der Waals surface area contributed by atoms with Gasteiger partial charge in [-0.25, -0.2) is 9.97 Å². The molecule has 0 fully saturated rings. The molecule has 1 aliphatic heterocycles. The summed E-state index contributed by atoms with van der Waals surface area (Å²) >= 11 is 0. The first-order valence-electron chi connectivity index (χ1n) is 9.78. The first kappa shape index (κ1) is 20.2. The number of nitrogens with one attached hydrogen (secondary N) is 1. The van der Waals surface area contributed by atoms with Crippen molar-refractivity contribution in [2.24, 2.45) is 5.73 Å². The average molecular weight is 434 g/mol. The number of nitrogens with zero attached hydrogens (tertiary/aromatic N) is 4. The van der Waals surface area contributed by atoms with Crippen molar-refractivity contribution >= 4 is 0 Å². The molecule has 2 unspecified atom stereocenters. The van der Waals surface area contributed by atoms with Crippen molar-refractivity contribution in [2.45, 2.75) is 17.9 Å². The smallest absolute Gasteiger partial charge is 0.311 e. The Hall–Kier alpha value is -3.69. The molecule has 3 N–H and O–H groups in total. The summed E-state index contributed by atoms with van der Waals surface area (Å²) in [6, 6.07) is 13.7. The Kier molecular flexibility index (Phi) is 4.72. The van der Waals surface area contributed by atoms with E-state index in [9.17, 15) is 13.2 Å². The third kappa shape index (κ3) is 3.22. The Bertz CT molecular complexity index is 1280. The molecule has 9 heteroatoms. The van der Waals surface area contributed by atoms with Gasteiger partial charge < -0.3 is 5.73 Å². The van der Waals surface area contributed by atoms with Crippen LogP contribution in [-0.2, 0) is 11.7 Å². The van der Waals surface area contributed by atoms with Crippen LogP contribution >= 0.6 is 0 Å². The molecule has 32 heavy (non-hydrogen) atoms. The SMILES string of the molecule is NC1NC(c2cccc(-c3cncnc3)c2)(c2ccnc(C(F)(F)F)c2)c2cccnc21. The van der Waals surface area contributed by atoms with Gasteiger partial charge in [0.1, 0.15) is 18.2 Å². The van der Waals surface area contributed by atoms with E-state index in [1.54, 1.807) is 30.7 Å². The molecule has 1 aliphatic rings. The Balaban J connectivity index is 1.78. The molecule has 0 radical (unpaired) electrons. The number of halogens is 3. The fourth-order valence-corrected chi connectivity index (χ4v) is 4.21. The number of rotatable bonds is 3. The van der Waals surface area contributed by atoms with Crippen LogP contribution in [0, 0.1) is 0 Å². The monoisotopic (exact) mass is 434 g/mol. The minimum Gasteiger partial charge on any atom is -0.311 e. The van der Waals surface area contributed by atoms with Crippen LogP contribution < -0.4 is 11.1 Å². The van der Waals surface area contributed by atoms with Gasteiger partial charge in [-0.05, 0) is 41.0 Å². The van der Waals surface area contributed by atoms with E-state index in [-0.39, 0.29) is 0 Å². The van der Waals surface area contributed by atoms with Gasteiger partial charge in [-0.15, -0.1) is 0 Å². The summed E-state index contributed by atoms with van der Waals surface area (Å²) in [7, 11) is 0. The summed E-state index contributed by atoms with van der Waals surface area (Å²) in [5.41, 5.74) is 8.14. The van der Waals surface area contributed by atoms with E-state index < -0.39 is 23.6 Å². The Morgan fingerprint density at radius 2 is 1.66 bits per heavy atom. The second kappa shape index (κ2) is 7.47. The predicted octanol–water partition coefficient (Wildman–Crippen LogP) is 3.80. The average Bonchev–Trinajstić information content (AvgIpc) is 3.13. The third-order valence-corrected chi connectivity index (χ3v) is 5.58. The van der Waals surface area contributed by atoms with Crippen LogP contribution in [-0.4, -0.2) is 19.9 Å². The summed E-state index contributed by atoms with van der Waals surface area (Å²) < 4.78 is 40.5. The summed E-state index contributed by atoms with van der Waals surface area (Å²) in [5.74, 6) is 0. The second-order valence-electron chi connectivity index (χ2n) is 7.44. The number of hydrogen-bond acceptors (Lipinski definition) is 6. The highest BCUT2D eigenvalue weighted by Crippen LogP contribution is 2.46. The lowest BCUT2D eigenvalue weighted by molar-refractivity contribution is -0.141. The van der Waals surface area contributed by atoms with Crippen molar-refractivity contribution < 1.29 is 13.2 Å². The van der Waals surface area contributed by atoms with Crippen molar-refractivity contribution in [3.8, 4) is 11.1 Å². The minimum absolute atomic E-state index is 0.364. The van der Waals surface area contributed by atoms with E-state index in [4.69, 9.17) is 5.73 Å². The zero-order valence-corrected chi connectivity index (χ0v) is 16.6. The van der Waals surface area contributed by atoms with E-state index in [2.05, 4.69) is 25.3 Å². The quantitative estimate of drug-likeness (QED) is 0.510. The summed E-state index contributed by atoms with van der Waals surface area (Å²) in [4.78, 5) is 16.0. The molecule has 0 saturated carbocycles. The number of benzene rings is 1. The van der Waals surface area contributed by atoms with E-state index >= 15 is 0 Å². The highest BCUT2D eigenvalue weighted by molar-refractivity contribution is 5.65. The van der Waals surface area contributed by atoms with Crippen molar-refractivity contribution in [2.75, 3.05) is 0 Å². The van der Waals surface area contributed by atoms with Gasteiger partial charge in [0.15, 0.2) is 0 Å².